The van der Waals surface area contributed by atoms with E-state index in [1.165, 1.54) is 5.56 Å². The molecule has 0 aromatic heterocycles. The van der Waals surface area contributed by atoms with E-state index in [-0.39, 0.29) is 6.61 Å². The van der Waals surface area contributed by atoms with Gasteiger partial charge in [-0.25, -0.2) is 0 Å². The van der Waals surface area contributed by atoms with Crippen molar-refractivity contribution in [3.8, 4) is 5.75 Å². The summed E-state index contributed by atoms with van der Waals surface area (Å²) in [4.78, 5) is 2.27. The zero-order valence-electron chi connectivity index (χ0n) is 9.94. The third-order valence-corrected chi connectivity index (χ3v) is 3.23. The first-order valence-electron chi connectivity index (χ1n) is 5.80. The third kappa shape index (κ3) is 2.00. The van der Waals surface area contributed by atoms with Crippen LogP contribution >= 0.6 is 0 Å². The van der Waals surface area contributed by atoms with E-state index in [2.05, 4.69) is 37.1 Å². The van der Waals surface area contributed by atoms with E-state index in [0.717, 1.165) is 24.3 Å². The topological polar surface area (TPSA) is 32.7 Å². The molecule has 2 rings (SSSR count). The molecule has 0 spiro atoms. The highest BCUT2D eigenvalue weighted by molar-refractivity contribution is 5.63. The second kappa shape index (κ2) is 4.74. The van der Waals surface area contributed by atoms with Crippen LogP contribution in [0.1, 0.15) is 18.4 Å². The summed E-state index contributed by atoms with van der Waals surface area (Å²) in [5.74, 6) is 1.00. The number of likely N-dealkylation sites (N-methyl/N-ethyl adjacent to an activating group) is 1. The first kappa shape index (κ1) is 11.3. The Morgan fingerprint density at radius 2 is 2.31 bits per heavy atom. The number of benzene rings is 1. The molecule has 1 heterocycles. The number of fused-ring (bicyclic) bond motifs is 1. The van der Waals surface area contributed by atoms with Gasteiger partial charge in [-0.3, -0.25) is 0 Å². The molecule has 3 nitrogen and oxygen atoms in total. The van der Waals surface area contributed by atoms with Gasteiger partial charge in [0.1, 0.15) is 12.4 Å². The Bertz CT molecular complexity index is 365. The fourth-order valence-electron chi connectivity index (χ4n) is 2.19. The Morgan fingerprint density at radius 3 is 3.06 bits per heavy atom. The van der Waals surface area contributed by atoms with Gasteiger partial charge in [0.05, 0.1) is 11.7 Å². The van der Waals surface area contributed by atoms with Crippen molar-refractivity contribution in [3.63, 3.8) is 0 Å². The second-order valence-corrected chi connectivity index (χ2v) is 4.36. The average molecular weight is 221 g/mol. The molecule has 1 aromatic carbocycles. The Kier molecular flexibility index (Phi) is 3.34. The highest BCUT2D eigenvalue weighted by Gasteiger charge is 2.24. The quantitative estimate of drug-likeness (QED) is 0.847. The molecule has 0 saturated carbocycles. The molecule has 88 valence electrons. The van der Waals surface area contributed by atoms with Crippen molar-refractivity contribution in [3.05, 3.63) is 23.8 Å². The van der Waals surface area contributed by atoms with Gasteiger partial charge in [0, 0.05) is 13.7 Å². The maximum Gasteiger partial charge on any atom is 0.145 e. The minimum absolute atomic E-state index is 0.255. The summed E-state index contributed by atoms with van der Waals surface area (Å²) in [6.07, 6.45) is 1.81. The number of hydrogen-bond donors (Lipinski definition) is 1. The molecule has 1 atom stereocenters. The summed E-state index contributed by atoms with van der Waals surface area (Å²) in [6.45, 7) is 3.04. The fourth-order valence-corrected chi connectivity index (χ4v) is 2.19. The van der Waals surface area contributed by atoms with Crippen molar-refractivity contribution in [1.82, 2.24) is 0 Å². The predicted molar refractivity (Wildman–Crippen MR) is 65.2 cm³/mol. The van der Waals surface area contributed by atoms with Gasteiger partial charge < -0.3 is 14.7 Å². The van der Waals surface area contributed by atoms with Crippen molar-refractivity contribution < 1.29 is 9.84 Å². The van der Waals surface area contributed by atoms with Gasteiger partial charge >= 0.3 is 0 Å². The average Bonchev–Trinajstić information content (AvgIpc) is 2.29. The predicted octanol–water partition coefficient (Wildman–Crippen LogP) is 1.96. The molecule has 0 fully saturated rings. The molecule has 3 heteroatoms. The molecule has 1 aliphatic rings. The van der Waals surface area contributed by atoms with Gasteiger partial charge in [0.15, 0.2) is 0 Å². The number of ether oxygens (including phenoxy) is 1. The lowest BCUT2D eigenvalue weighted by Gasteiger charge is -2.36. The molecule has 0 amide bonds. The van der Waals surface area contributed by atoms with Crippen LogP contribution in [0.2, 0.25) is 0 Å². The van der Waals surface area contributed by atoms with Gasteiger partial charge in [-0.05, 0) is 31.4 Å². The van der Waals surface area contributed by atoms with E-state index in [1.807, 2.05) is 0 Å². The van der Waals surface area contributed by atoms with Gasteiger partial charge in [-0.15, -0.1) is 0 Å². The Morgan fingerprint density at radius 1 is 1.50 bits per heavy atom. The van der Waals surface area contributed by atoms with Crippen LogP contribution in [0.25, 0.3) is 0 Å². The number of anilines is 1. The minimum Gasteiger partial charge on any atom is -0.489 e. The molecule has 1 aromatic rings. The molecule has 1 unspecified atom stereocenters. The second-order valence-electron chi connectivity index (χ2n) is 4.36. The first-order chi connectivity index (χ1) is 7.74. The Hall–Kier alpha value is -1.22. The van der Waals surface area contributed by atoms with Crippen LogP contribution in [0, 0.1) is 6.92 Å². The molecular formula is C13H19NO2. The highest BCUT2D eigenvalue weighted by Crippen LogP contribution is 2.36. The number of aryl methyl sites for hydroxylation is 1. The van der Waals surface area contributed by atoms with E-state index < -0.39 is 0 Å². The van der Waals surface area contributed by atoms with Crippen LogP contribution in [0.5, 0.6) is 5.75 Å². The molecule has 1 aliphatic heterocycles. The summed E-state index contributed by atoms with van der Waals surface area (Å²) in [5.41, 5.74) is 2.35. The van der Waals surface area contributed by atoms with E-state index in [0.29, 0.717) is 12.6 Å². The van der Waals surface area contributed by atoms with Crippen molar-refractivity contribution in [2.24, 2.45) is 0 Å². The molecular weight excluding hydrogens is 202 g/mol. The van der Waals surface area contributed by atoms with Crippen molar-refractivity contribution >= 4 is 5.69 Å². The number of hydrogen-bond acceptors (Lipinski definition) is 3. The highest BCUT2D eigenvalue weighted by atomic mass is 16.5. The van der Waals surface area contributed by atoms with Crippen LogP contribution in [0.4, 0.5) is 5.69 Å². The van der Waals surface area contributed by atoms with Gasteiger partial charge in [-0.2, -0.15) is 0 Å². The van der Waals surface area contributed by atoms with Crippen molar-refractivity contribution in [2.45, 2.75) is 25.8 Å². The Labute approximate surface area is 96.6 Å². The van der Waals surface area contributed by atoms with Gasteiger partial charge in [0.25, 0.3) is 0 Å². The molecule has 16 heavy (non-hydrogen) atoms. The van der Waals surface area contributed by atoms with Crippen LogP contribution in [-0.4, -0.2) is 31.4 Å². The van der Waals surface area contributed by atoms with Gasteiger partial charge in [0.2, 0.25) is 0 Å². The standard InChI is InChI=1S/C13H19NO2/c1-10-5-3-7-12-13(10)16-9-11(14(12)2)6-4-8-15/h3,5,7,11,15H,4,6,8-9H2,1-2H3. The smallest absolute Gasteiger partial charge is 0.145 e. The van der Waals surface area contributed by atoms with Crippen molar-refractivity contribution in [2.75, 3.05) is 25.2 Å². The number of aliphatic hydroxyl groups is 1. The lowest BCUT2D eigenvalue weighted by atomic mass is 10.1. The lowest BCUT2D eigenvalue weighted by Crippen LogP contribution is -2.40. The largest absolute Gasteiger partial charge is 0.489 e. The van der Waals surface area contributed by atoms with E-state index >= 15 is 0 Å². The SMILES string of the molecule is Cc1cccc2c1OCC(CCCO)N2C. The molecule has 0 saturated heterocycles. The van der Waals surface area contributed by atoms with Gasteiger partial charge in [-0.1, -0.05) is 12.1 Å². The normalized spacial score (nSPS) is 19.2. The molecule has 0 aliphatic carbocycles. The maximum absolute atomic E-state index is 8.86. The summed E-state index contributed by atoms with van der Waals surface area (Å²) in [7, 11) is 2.10. The summed E-state index contributed by atoms with van der Waals surface area (Å²) < 4.78 is 5.81. The fraction of sp³-hybridized carbons (Fsp3) is 0.538. The molecule has 0 radical (unpaired) electrons. The van der Waals surface area contributed by atoms with E-state index in [1.54, 1.807) is 0 Å². The molecule has 0 bridgehead atoms. The van der Waals surface area contributed by atoms with Crippen LogP contribution < -0.4 is 9.64 Å². The maximum atomic E-state index is 8.86. The van der Waals surface area contributed by atoms with E-state index in [9.17, 15) is 0 Å². The molecule has 1 N–H and O–H groups in total. The zero-order valence-corrected chi connectivity index (χ0v) is 9.94. The van der Waals surface area contributed by atoms with Crippen LogP contribution in [-0.2, 0) is 0 Å². The lowest BCUT2D eigenvalue weighted by molar-refractivity contribution is 0.235. The summed E-state index contributed by atoms with van der Waals surface area (Å²) in [6, 6.07) is 6.60. The summed E-state index contributed by atoms with van der Waals surface area (Å²) in [5, 5.41) is 8.86. The minimum atomic E-state index is 0.255. The number of rotatable bonds is 3. The number of para-hydroxylation sites is 1. The Balaban J connectivity index is 2.18. The zero-order chi connectivity index (χ0) is 11.5. The monoisotopic (exact) mass is 221 g/mol. The van der Waals surface area contributed by atoms with Crippen LogP contribution in [0.3, 0.4) is 0 Å². The third-order valence-electron chi connectivity index (χ3n) is 3.23. The number of nitrogens with zero attached hydrogens (tertiary/aromatic N) is 1. The van der Waals surface area contributed by atoms with E-state index in [4.69, 9.17) is 9.84 Å². The van der Waals surface area contributed by atoms with Crippen molar-refractivity contribution in [1.29, 1.82) is 0 Å². The first-order valence-corrected chi connectivity index (χ1v) is 5.80. The van der Waals surface area contributed by atoms with Crippen LogP contribution in [0.15, 0.2) is 18.2 Å². The number of aliphatic hydroxyl groups excluding tert-OH is 1. The summed E-state index contributed by atoms with van der Waals surface area (Å²) >= 11 is 0.